The van der Waals surface area contributed by atoms with Gasteiger partial charge in [0.1, 0.15) is 0 Å². The summed E-state index contributed by atoms with van der Waals surface area (Å²) < 4.78 is 5.44. The first-order valence-electron chi connectivity index (χ1n) is 7.40. The highest BCUT2D eigenvalue weighted by atomic mass is 16.5. The molecule has 1 heterocycles. The van der Waals surface area contributed by atoms with E-state index in [4.69, 9.17) is 10.6 Å². The normalized spacial score (nSPS) is 39.7. The second-order valence-electron chi connectivity index (χ2n) is 6.40. The summed E-state index contributed by atoms with van der Waals surface area (Å²) in [6.07, 6.45) is 9.60. The monoisotopic (exact) mass is 238 g/mol. The molecule has 3 nitrogen and oxygen atoms in total. The van der Waals surface area contributed by atoms with Gasteiger partial charge in [-0.3, -0.25) is 11.3 Å². The van der Waals surface area contributed by atoms with Gasteiger partial charge < -0.3 is 4.74 Å². The number of nitrogens with two attached hydrogens (primary N) is 1. The lowest BCUT2D eigenvalue weighted by atomic mass is 9.79. The first-order chi connectivity index (χ1) is 8.36. The van der Waals surface area contributed by atoms with E-state index in [2.05, 4.69) is 5.43 Å². The average Bonchev–Trinajstić information content (AvgIpc) is 2.99. The highest BCUT2D eigenvalue weighted by molar-refractivity contribution is 4.95. The molecular formula is C14H26N2O. The highest BCUT2D eigenvalue weighted by Gasteiger charge is 2.43. The molecule has 0 aromatic rings. The van der Waals surface area contributed by atoms with E-state index in [0.717, 1.165) is 36.9 Å². The zero-order valence-electron chi connectivity index (χ0n) is 10.7. The number of nitrogens with one attached hydrogen (secondary N) is 1. The molecule has 4 atom stereocenters. The van der Waals surface area contributed by atoms with Crippen molar-refractivity contribution < 1.29 is 4.74 Å². The molecule has 3 aliphatic rings. The Bertz CT molecular complexity index is 253. The molecule has 2 aliphatic carbocycles. The minimum absolute atomic E-state index is 0.563. The van der Waals surface area contributed by atoms with Gasteiger partial charge in [0.25, 0.3) is 0 Å². The minimum atomic E-state index is 0.563. The van der Waals surface area contributed by atoms with Crippen LogP contribution in [0, 0.1) is 23.7 Å². The van der Waals surface area contributed by atoms with Crippen molar-refractivity contribution >= 4 is 0 Å². The Kier molecular flexibility index (Phi) is 3.69. The van der Waals surface area contributed by atoms with Crippen molar-refractivity contribution in [1.29, 1.82) is 0 Å². The molecule has 0 aromatic heterocycles. The van der Waals surface area contributed by atoms with Gasteiger partial charge in [-0.2, -0.15) is 0 Å². The maximum atomic E-state index is 5.82. The van der Waals surface area contributed by atoms with E-state index in [9.17, 15) is 0 Å². The molecule has 98 valence electrons. The molecule has 17 heavy (non-hydrogen) atoms. The molecular weight excluding hydrogens is 212 g/mol. The number of hydrogen-bond acceptors (Lipinski definition) is 3. The largest absolute Gasteiger partial charge is 0.381 e. The fourth-order valence-corrected chi connectivity index (χ4v) is 4.49. The van der Waals surface area contributed by atoms with E-state index in [1.807, 2.05) is 0 Å². The molecule has 3 rings (SSSR count). The predicted molar refractivity (Wildman–Crippen MR) is 68.2 cm³/mol. The van der Waals surface area contributed by atoms with E-state index in [1.54, 1.807) is 0 Å². The van der Waals surface area contributed by atoms with Crippen LogP contribution in [0.4, 0.5) is 0 Å². The summed E-state index contributed by atoms with van der Waals surface area (Å²) in [6.45, 7) is 1.91. The third-order valence-corrected chi connectivity index (χ3v) is 5.45. The van der Waals surface area contributed by atoms with Crippen molar-refractivity contribution in [1.82, 2.24) is 5.43 Å². The van der Waals surface area contributed by atoms with E-state index < -0.39 is 0 Å². The lowest BCUT2D eigenvalue weighted by Gasteiger charge is -2.33. The Balaban J connectivity index is 1.55. The highest BCUT2D eigenvalue weighted by Crippen LogP contribution is 2.50. The number of ether oxygens (including phenoxy) is 1. The third kappa shape index (κ3) is 2.51. The van der Waals surface area contributed by atoms with Crippen LogP contribution in [-0.2, 0) is 4.74 Å². The zero-order valence-corrected chi connectivity index (χ0v) is 10.7. The Morgan fingerprint density at radius 2 is 1.94 bits per heavy atom. The Morgan fingerprint density at radius 3 is 2.53 bits per heavy atom. The molecule has 0 amide bonds. The van der Waals surface area contributed by atoms with Gasteiger partial charge in [-0.15, -0.1) is 0 Å². The molecule has 1 saturated heterocycles. The summed E-state index contributed by atoms with van der Waals surface area (Å²) in [4.78, 5) is 0. The van der Waals surface area contributed by atoms with Gasteiger partial charge in [0.15, 0.2) is 0 Å². The van der Waals surface area contributed by atoms with Crippen LogP contribution in [-0.4, -0.2) is 19.3 Å². The van der Waals surface area contributed by atoms with Gasteiger partial charge in [0.05, 0.1) is 0 Å². The van der Waals surface area contributed by atoms with Crippen LogP contribution in [0.3, 0.4) is 0 Å². The first-order valence-corrected chi connectivity index (χ1v) is 7.40. The van der Waals surface area contributed by atoms with Crippen LogP contribution in [0.15, 0.2) is 0 Å². The summed E-state index contributed by atoms with van der Waals surface area (Å²) >= 11 is 0. The summed E-state index contributed by atoms with van der Waals surface area (Å²) in [5, 5.41) is 0. The molecule has 2 saturated carbocycles. The topological polar surface area (TPSA) is 47.3 Å². The maximum Gasteiger partial charge on any atom is 0.0468 e. The number of fused-ring (bicyclic) bond motifs is 2. The van der Waals surface area contributed by atoms with E-state index in [1.165, 1.54) is 44.9 Å². The van der Waals surface area contributed by atoms with Gasteiger partial charge in [-0.25, -0.2) is 0 Å². The van der Waals surface area contributed by atoms with Crippen LogP contribution in [0.2, 0.25) is 0 Å². The summed E-state index contributed by atoms with van der Waals surface area (Å²) in [6, 6.07) is 0.563. The lowest BCUT2D eigenvalue weighted by molar-refractivity contribution is 0.0557. The number of rotatable bonds is 4. The summed E-state index contributed by atoms with van der Waals surface area (Å²) in [5.41, 5.74) is 3.14. The molecule has 2 bridgehead atoms. The van der Waals surface area contributed by atoms with Gasteiger partial charge in [-0.05, 0) is 62.2 Å². The van der Waals surface area contributed by atoms with Crippen molar-refractivity contribution in [2.24, 2.45) is 29.5 Å². The molecule has 3 fully saturated rings. The summed E-state index contributed by atoms with van der Waals surface area (Å²) in [5.74, 6) is 9.52. The van der Waals surface area contributed by atoms with Crippen molar-refractivity contribution in [3.8, 4) is 0 Å². The standard InChI is InChI=1S/C14H26N2O/c15-16-14(9-10-3-5-17-6-4-10)13-8-11-1-2-12(13)7-11/h10-14,16H,1-9,15H2. The van der Waals surface area contributed by atoms with Crippen molar-refractivity contribution in [3.05, 3.63) is 0 Å². The van der Waals surface area contributed by atoms with Crippen molar-refractivity contribution in [3.63, 3.8) is 0 Å². The van der Waals surface area contributed by atoms with Crippen LogP contribution in [0.5, 0.6) is 0 Å². The average molecular weight is 238 g/mol. The smallest absolute Gasteiger partial charge is 0.0468 e. The molecule has 3 heteroatoms. The van der Waals surface area contributed by atoms with E-state index in [-0.39, 0.29) is 0 Å². The fourth-order valence-electron chi connectivity index (χ4n) is 4.49. The first kappa shape index (κ1) is 11.9. The molecule has 0 spiro atoms. The summed E-state index contributed by atoms with van der Waals surface area (Å²) in [7, 11) is 0. The lowest BCUT2D eigenvalue weighted by Crippen LogP contribution is -2.44. The molecule has 3 N–H and O–H groups in total. The second-order valence-corrected chi connectivity index (χ2v) is 6.40. The number of hydrazine groups is 1. The maximum absolute atomic E-state index is 5.82. The number of hydrogen-bond donors (Lipinski definition) is 2. The van der Waals surface area contributed by atoms with Crippen molar-refractivity contribution in [2.75, 3.05) is 13.2 Å². The van der Waals surface area contributed by atoms with Gasteiger partial charge in [0, 0.05) is 19.3 Å². The van der Waals surface area contributed by atoms with E-state index in [0.29, 0.717) is 6.04 Å². The van der Waals surface area contributed by atoms with Crippen LogP contribution in [0.1, 0.15) is 44.9 Å². The Labute approximate surface area is 104 Å². The zero-order chi connectivity index (χ0) is 11.7. The Morgan fingerprint density at radius 1 is 1.12 bits per heavy atom. The third-order valence-electron chi connectivity index (χ3n) is 5.45. The molecule has 0 aromatic carbocycles. The van der Waals surface area contributed by atoms with Gasteiger partial charge in [0.2, 0.25) is 0 Å². The fraction of sp³-hybridized carbons (Fsp3) is 1.00. The van der Waals surface area contributed by atoms with Crippen molar-refractivity contribution in [2.45, 2.75) is 51.0 Å². The molecule has 4 unspecified atom stereocenters. The molecule has 0 radical (unpaired) electrons. The van der Waals surface area contributed by atoms with Gasteiger partial charge >= 0.3 is 0 Å². The molecule has 1 aliphatic heterocycles. The minimum Gasteiger partial charge on any atom is -0.381 e. The van der Waals surface area contributed by atoms with Crippen LogP contribution < -0.4 is 11.3 Å². The van der Waals surface area contributed by atoms with Crippen LogP contribution in [0.25, 0.3) is 0 Å². The van der Waals surface area contributed by atoms with Gasteiger partial charge in [-0.1, -0.05) is 6.42 Å². The predicted octanol–water partition coefficient (Wildman–Crippen LogP) is 2.07. The SMILES string of the molecule is NNC(CC1CCOCC1)C1CC2CCC1C2. The quantitative estimate of drug-likeness (QED) is 0.582. The Hall–Kier alpha value is -0.120. The second kappa shape index (κ2) is 5.25. The van der Waals surface area contributed by atoms with Crippen LogP contribution >= 0.6 is 0 Å². The van der Waals surface area contributed by atoms with E-state index >= 15 is 0 Å².